The number of furan rings is 1. The topological polar surface area (TPSA) is 25.2 Å². The summed E-state index contributed by atoms with van der Waals surface area (Å²) in [4.78, 5) is 0. The highest BCUT2D eigenvalue weighted by atomic mass is 16.3. The van der Waals surface area contributed by atoms with E-state index in [9.17, 15) is 0 Å². The molecule has 2 unspecified atom stereocenters. The minimum Gasteiger partial charge on any atom is -0.464 e. The Morgan fingerprint density at radius 3 is 2.81 bits per heavy atom. The molecule has 2 aliphatic rings. The summed E-state index contributed by atoms with van der Waals surface area (Å²) in [5.41, 5.74) is 0.584. The first-order valence-electron chi connectivity index (χ1n) is 6.46. The monoisotopic (exact) mass is 219 g/mol. The third-order valence-corrected chi connectivity index (χ3v) is 4.11. The van der Waals surface area contributed by atoms with Crippen LogP contribution in [0.1, 0.15) is 50.5 Å². The maximum Gasteiger partial charge on any atom is 0.117 e. The maximum atomic E-state index is 5.85. The fraction of sp³-hybridized carbons (Fsp3) is 0.714. The van der Waals surface area contributed by atoms with E-state index in [1.54, 1.807) is 0 Å². The van der Waals surface area contributed by atoms with E-state index in [1.165, 1.54) is 25.0 Å². The Bertz CT molecular complexity index is 378. The lowest BCUT2D eigenvalue weighted by molar-refractivity contribution is 0.424. The lowest BCUT2D eigenvalue weighted by Gasteiger charge is -2.08. The molecule has 1 heterocycles. The zero-order valence-corrected chi connectivity index (χ0v) is 10.3. The Morgan fingerprint density at radius 2 is 2.19 bits per heavy atom. The average molecular weight is 219 g/mol. The van der Waals surface area contributed by atoms with Gasteiger partial charge in [-0.1, -0.05) is 13.8 Å². The van der Waals surface area contributed by atoms with Crippen molar-refractivity contribution in [3.63, 3.8) is 0 Å². The fourth-order valence-electron chi connectivity index (χ4n) is 2.28. The normalized spacial score (nSPS) is 30.4. The summed E-state index contributed by atoms with van der Waals surface area (Å²) in [5, 5.41) is 3.49. The van der Waals surface area contributed by atoms with Gasteiger partial charge in [0, 0.05) is 12.5 Å². The molecule has 2 heteroatoms. The molecule has 2 saturated carbocycles. The highest BCUT2D eigenvalue weighted by Gasteiger charge is 2.37. The van der Waals surface area contributed by atoms with Gasteiger partial charge in [-0.05, 0) is 42.7 Å². The van der Waals surface area contributed by atoms with Gasteiger partial charge in [0.1, 0.15) is 11.5 Å². The second-order valence-corrected chi connectivity index (χ2v) is 6.04. The summed E-state index contributed by atoms with van der Waals surface area (Å²) in [6.45, 7) is 6.65. The molecule has 2 aliphatic carbocycles. The molecule has 0 aliphatic heterocycles. The molecule has 0 aromatic carbocycles. The van der Waals surface area contributed by atoms with Crippen molar-refractivity contribution in [1.82, 2.24) is 5.32 Å². The zero-order chi connectivity index (χ0) is 11.2. The molecule has 0 radical (unpaired) electrons. The van der Waals surface area contributed by atoms with Crippen LogP contribution in [0, 0.1) is 11.3 Å². The molecule has 0 bridgehead atoms. The average Bonchev–Trinajstić information content (AvgIpc) is 3.10. The van der Waals surface area contributed by atoms with Gasteiger partial charge in [-0.3, -0.25) is 0 Å². The predicted octanol–water partition coefficient (Wildman–Crippen LogP) is 3.29. The smallest absolute Gasteiger partial charge is 0.117 e. The van der Waals surface area contributed by atoms with E-state index in [2.05, 4.69) is 31.3 Å². The van der Waals surface area contributed by atoms with E-state index in [0.29, 0.717) is 11.3 Å². The lowest BCUT2D eigenvalue weighted by Crippen LogP contribution is -2.21. The third-order valence-electron chi connectivity index (χ3n) is 4.11. The van der Waals surface area contributed by atoms with Gasteiger partial charge in [-0.2, -0.15) is 0 Å². The highest BCUT2D eigenvalue weighted by molar-refractivity contribution is 5.17. The number of hydrogen-bond acceptors (Lipinski definition) is 2. The van der Waals surface area contributed by atoms with Crippen molar-refractivity contribution in [2.75, 3.05) is 6.54 Å². The van der Waals surface area contributed by atoms with E-state index in [4.69, 9.17) is 4.42 Å². The number of nitrogens with one attached hydrogen (secondary N) is 1. The molecule has 1 aromatic rings. The molecule has 88 valence electrons. The molecule has 1 aromatic heterocycles. The standard InChI is InChI=1S/C14H21NO/c1-10-7-12(10)13-4-3-11(16-13)8-15-9-14(2)5-6-14/h3-4,10,12,15H,5-9H2,1-2H3. The molecule has 2 nitrogen and oxygen atoms in total. The fourth-order valence-corrected chi connectivity index (χ4v) is 2.28. The van der Waals surface area contributed by atoms with Gasteiger partial charge >= 0.3 is 0 Å². The van der Waals surface area contributed by atoms with Gasteiger partial charge in [-0.25, -0.2) is 0 Å². The first-order chi connectivity index (χ1) is 7.66. The highest BCUT2D eigenvalue weighted by Crippen LogP contribution is 2.47. The summed E-state index contributed by atoms with van der Waals surface area (Å²) in [5.74, 6) is 3.83. The zero-order valence-electron chi connectivity index (χ0n) is 10.3. The van der Waals surface area contributed by atoms with Gasteiger partial charge in [0.2, 0.25) is 0 Å². The van der Waals surface area contributed by atoms with Gasteiger partial charge in [-0.15, -0.1) is 0 Å². The molecular weight excluding hydrogens is 198 g/mol. The quantitative estimate of drug-likeness (QED) is 0.822. The van der Waals surface area contributed by atoms with Crippen molar-refractivity contribution >= 4 is 0 Å². The third kappa shape index (κ3) is 2.17. The van der Waals surface area contributed by atoms with Gasteiger partial charge in [0.15, 0.2) is 0 Å². The van der Waals surface area contributed by atoms with Crippen LogP contribution in [0.4, 0.5) is 0 Å². The van der Waals surface area contributed by atoms with Crippen LogP contribution < -0.4 is 5.32 Å². The van der Waals surface area contributed by atoms with Crippen molar-refractivity contribution < 1.29 is 4.42 Å². The van der Waals surface area contributed by atoms with Crippen molar-refractivity contribution in [2.24, 2.45) is 11.3 Å². The minimum absolute atomic E-state index is 0.584. The van der Waals surface area contributed by atoms with Crippen molar-refractivity contribution in [3.05, 3.63) is 23.7 Å². The first kappa shape index (κ1) is 10.4. The Balaban J connectivity index is 1.49. The molecule has 0 amide bonds. The van der Waals surface area contributed by atoms with Crippen LogP contribution in [-0.4, -0.2) is 6.54 Å². The van der Waals surface area contributed by atoms with Gasteiger partial charge in [0.25, 0.3) is 0 Å². The summed E-state index contributed by atoms with van der Waals surface area (Å²) in [6.07, 6.45) is 4.06. The molecule has 0 saturated heterocycles. The van der Waals surface area contributed by atoms with Crippen molar-refractivity contribution in [3.8, 4) is 0 Å². The molecule has 2 fully saturated rings. The summed E-state index contributed by atoms with van der Waals surface area (Å²) >= 11 is 0. The van der Waals surface area contributed by atoms with Gasteiger partial charge < -0.3 is 9.73 Å². The molecule has 16 heavy (non-hydrogen) atoms. The minimum atomic E-state index is 0.584. The molecule has 0 spiro atoms. The van der Waals surface area contributed by atoms with E-state index >= 15 is 0 Å². The molecule has 1 N–H and O–H groups in total. The van der Waals surface area contributed by atoms with Gasteiger partial charge in [0.05, 0.1) is 6.54 Å². The first-order valence-corrected chi connectivity index (χ1v) is 6.46. The summed E-state index contributed by atoms with van der Waals surface area (Å²) in [6, 6.07) is 4.28. The number of rotatable bonds is 5. The Morgan fingerprint density at radius 1 is 1.44 bits per heavy atom. The Kier molecular flexibility index (Phi) is 2.36. The molecule has 2 atom stereocenters. The van der Waals surface area contributed by atoms with E-state index in [0.717, 1.165) is 24.8 Å². The summed E-state index contributed by atoms with van der Waals surface area (Å²) < 4.78 is 5.85. The Labute approximate surface area is 97.4 Å². The van der Waals surface area contributed by atoms with Crippen LogP contribution in [-0.2, 0) is 6.54 Å². The van der Waals surface area contributed by atoms with E-state index < -0.39 is 0 Å². The van der Waals surface area contributed by atoms with Crippen LogP contribution in [0.5, 0.6) is 0 Å². The molecule has 3 rings (SSSR count). The van der Waals surface area contributed by atoms with Crippen LogP contribution in [0.3, 0.4) is 0 Å². The van der Waals surface area contributed by atoms with E-state index in [1.807, 2.05) is 0 Å². The maximum absolute atomic E-state index is 5.85. The second kappa shape index (κ2) is 3.63. The van der Waals surface area contributed by atoms with Crippen LogP contribution in [0.15, 0.2) is 16.5 Å². The predicted molar refractivity (Wildman–Crippen MR) is 64.3 cm³/mol. The lowest BCUT2D eigenvalue weighted by atomic mass is 10.1. The number of hydrogen-bond donors (Lipinski definition) is 1. The van der Waals surface area contributed by atoms with Crippen LogP contribution in [0.2, 0.25) is 0 Å². The van der Waals surface area contributed by atoms with Crippen LogP contribution >= 0.6 is 0 Å². The SMILES string of the molecule is CC1CC1c1ccc(CNCC2(C)CC2)o1. The largest absolute Gasteiger partial charge is 0.464 e. The Hall–Kier alpha value is -0.760. The van der Waals surface area contributed by atoms with Crippen molar-refractivity contribution in [1.29, 1.82) is 0 Å². The van der Waals surface area contributed by atoms with Crippen molar-refractivity contribution in [2.45, 2.75) is 45.6 Å². The summed E-state index contributed by atoms with van der Waals surface area (Å²) in [7, 11) is 0. The second-order valence-electron chi connectivity index (χ2n) is 6.04. The van der Waals surface area contributed by atoms with Crippen LogP contribution in [0.25, 0.3) is 0 Å². The molecular formula is C14H21NO. The van der Waals surface area contributed by atoms with E-state index in [-0.39, 0.29) is 0 Å².